The molecule has 4 heteroatoms. The van der Waals surface area contributed by atoms with Crippen LogP contribution in [-0.2, 0) is 9.53 Å². The molecule has 19 heavy (non-hydrogen) atoms. The maximum absolute atomic E-state index is 14.1. The van der Waals surface area contributed by atoms with Crippen molar-refractivity contribution in [3.8, 4) is 0 Å². The summed E-state index contributed by atoms with van der Waals surface area (Å²) in [5, 5.41) is 0. The molecule has 0 aromatic carbocycles. The Morgan fingerprint density at radius 2 is 1.63 bits per heavy atom. The van der Waals surface area contributed by atoms with Crippen LogP contribution in [0.5, 0.6) is 0 Å². The molecule has 2 nitrogen and oxygen atoms in total. The zero-order valence-corrected chi connectivity index (χ0v) is 14.2. The number of alkyl halides is 1. The number of carbonyl (C=O) groups excluding carboxylic acids is 1. The van der Waals surface area contributed by atoms with Crippen molar-refractivity contribution in [3.05, 3.63) is 0 Å². The fourth-order valence-corrected chi connectivity index (χ4v) is 10.4. The first kappa shape index (κ1) is 16.7. The van der Waals surface area contributed by atoms with Crippen LogP contribution in [0.2, 0.25) is 22.7 Å². The molecule has 0 spiro atoms. The summed E-state index contributed by atoms with van der Waals surface area (Å²) in [7, 11) is -1.70. The second-order valence-corrected chi connectivity index (χ2v) is 13.0. The Labute approximate surface area is 118 Å². The maximum Gasteiger partial charge on any atom is 0.306 e. The van der Waals surface area contributed by atoms with E-state index in [0.29, 0.717) is 23.0 Å². The molecule has 1 heterocycles. The molecule has 0 radical (unpaired) electrons. The Kier molecular flexibility index (Phi) is 5.60. The van der Waals surface area contributed by atoms with E-state index in [2.05, 4.69) is 41.5 Å². The number of halogens is 1. The van der Waals surface area contributed by atoms with Crippen molar-refractivity contribution < 1.29 is 13.9 Å². The smallest absolute Gasteiger partial charge is 0.306 e. The number of ether oxygens (including phenoxy) is 1. The van der Waals surface area contributed by atoms with Crippen molar-refractivity contribution in [3.63, 3.8) is 0 Å². The van der Waals surface area contributed by atoms with Gasteiger partial charge in [-0.15, -0.1) is 0 Å². The van der Waals surface area contributed by atoms with E-state index in [4.69, 9.17) is 4.74 Å². The molecule has 1 fully saturated rings. The van der Waals surface area contributed by atoms with Gasteiger partial charge in [0.05, 0.1) is 8.07 Å². The number of cyclic esters (lactones) is 1. The van der Waals surface area contributed by atoms with Crippen molar-refractivity contribution in [1.82, 2.24) is 0 Å². The van der Waals surface area contributed by atoms with Gasteiger partial charge in [-0.2, -0.15) is 0 Å². The van der Waals surface area contributed by atoms with E-state index in [9.17, 15) is 9.18 Å². The summed E-state index contributed by atoms with van der Waals surface area (Å²) in [6.07, 6.45) is -0.902. The molecule has 0 N–H and O–H groups in total. The zero-order chi connectivity index (χ0) is 14.8. The molecular weight excluding hydrogens is 259 g/mol. The molecule has 112 valence electrons. The van der Waals surface area contributed by atoms with E-state index in [-0.39, 0.29) is 12.4 Å². The molecule has 0 saturated carbocycles. The van der Waals surface area contributed by atoms with E-state index in [1.165, 1.54) is 0 Å². The van der Waals surface area contributed by atoms with Crippen LogP contribution in [0.25, 0.3) is 0 Å². The molecule has 1 aliphatic heterocycles. The zero-order valence-electron chi connectivity index (χ0n) is 13.2. The van der Waals surface area contributed by atoms with Crippen LogP contribution in [0.1, 0.15) is 54.4 Å². The van der Waals surface area contributed by atoms with Crippen molar-refractivity contribution in [2.24, 2.45) is 0 Å². The number of carbonyl (C=O) groups is 1. The van der Waals surface area contributed by atoms with Gasteiger partial charge in [0, 0.05) is 6.42 Å². The summed E-state index contributed by atoms with van der Waals surface area (Å²) in [4.78, 5) is 11.4. The SMILES string of the molecule is CC(C)[Si](C[C@@H]1OC(=O)CC[C@H]1F)(C(C)C)C(C)C. The van der Waals surface area contributed by atoms with Gasteiger partial charge in [-0.3, -0.25) is 4.79 Å². The lowest BCUT2D eigenvalue weighted by Crippen LogP contribution is -2.50. The minimum atomic E-state index is -1.70. The Morgan fingerprint density at radius 3 is 2.05 bits per heavy atom. The van der Waals surface area contributed by atoms with Gasteiger partial charge < -0.3 is 4.74 Å². The van der Waals surface area contributed by atoms with Crippen LogP contribution in [0.4, 0.5) is 4.39 Å². The first-order valence-corrected chi connectivity index (χ1v) is 9.99. The number of rotatable bonds is 5. The molecular formula is C15H29FO2Si. The molecule has 2 atom stereocenters. The predicted octanol–water partition coefficient (Wildman–Crippen LogP) is 4.71. The number of esters is 1. The predicted molar refractivity (Wildman–Crippen MR) is 79.9 cm³/mol. The van der Waals surface area contributed by atoms with Crippen molar-refractivity contribution in [2.45, 2.75) is 89.3 Å². The fourth-order valence-electron chi connectivity index (χ4n) is 3.97. The van der Waals surface area contributed by atoms with Gasteiger partial charge in [0.25, 0.3) is 0 Å². The highest BCUT2D eigenvalue weighted by atomic mass is 28.3. The van der Waals surface area contributed by atoms with Gasteiger partial charge in [-0.25, -0.2) is 4.39 Å². The third-order valence-corrected chi connectivity index (χ3v) is 12.6. The summed E-state index contributed by atoms with van der Waals surface area (Å²) >= 11 is 0. The molecule has 0 aromatic rings. The lowest BCUT2D eigenvalue weighted by molar-refractivity contribution is -0.157. The molecule has 0 amide bonds. The third kappa shape index (κ3) is 3.39. The normalized spacial score (nSPS) is 25.3. The maximum atomic E-state index is 14.1. The molecule has 1 saturated heterocycles. The van der Waals surface area contributed by atoms with Crippen LogP contribution >= 0.6 is 0 Å². The average molecular weight is 288 g/mol. The molecule has 1 rings (SSSR count). The van der Waals surface area contributed by atoms with Gasteiger partial charge in [0.1, 0.15) is 12.3 Å². The molecule has 0 aromatic heterocycles. The summed E-state index contributed by atoms with van der Waals surface area (Å²) in [6, 6.07) is 0.771. The largest absolute Gasteiger partial charge is 0.460 e. The highest BCUT2D eigenvalue weighted by Gasteiger charge is 2.47. The number of hydrogen-bond donors (Lipinski definition) is 0. The molecule has 1 aliphatic rings. The van der Waals surface area contributed by atoms with E-state index < -0.39 is 20.3 Å². The number of hydrogen-bond acceptors (Lipinski definition) is 2. The fraction of sp³-hybridized carbons (Fsp3) is 0.933. The van der Waals surface area contributed by atoms with Crippen molar-refractivity contribution in [2.75, 3.05) is 0 Å². The van der Waals surface area contributed by atoms with Gasteiger partial charge >= 0.3 is 5.97 Å². The summed E-state index contributed by atoms with van der Waals surface area (Å²) in [6.45, 7) is 13.5. The standard InChI is InChI=1S/C15H29FO2Si/c1-10(2)19(11(3)4,12(5)6)9-14-13(16)7-8-15(17)18-14/h10-14H,7-9H2,1-6H3/t13-,14+/m1/s1. The van der Waals surface area contributed by atoms with Crippen LogP contribution in [-0.4, -0.2) is 26.3 Å². The highest BCUT2D eigenvalue weighted by molar-refractivity contribution is 6.83. The first-order chi connectivity index (χ1) is 8.71. The quantitative estimate of drug-likeness (QED) is 0.541. The monoisotopic (exact) mass is 288 g/mol. The Bertz CT molecular complexity index is 293. The summed E-state index contributed by atoms with van der Waals surface area (Å²) in [5.41, 5.74) is 1.71. The summed E-state index contributed by atoms with van der Waals surface area (Å²) in [5.74, 6) is -0.224. The van der Waals surface area contributed by atoms with Gasteiger partial charge in [0.2, 0.25) is 0 Å². The van der Waals surface area contributed by atoms with Crippen LogP contribution < -0.4 is 0 Å². The third-order valence-electron chi connectivity index (χ3n) is 5.09. The molecule has 0 unspecified atom stereocenters. The van der Waals surface area contributed by atoms with E-state index >= 15 is 0 Å². The lowest BCUT2D eigenvalue weighted by Gasteiger charge is -2.46. The average Bonchev–Trinajstić information content (AvgIpc) is 2.28. The topological polar surface area (TPSA) is 26.3 Å². The lowest BCUT2D eigenvalue weighted by atomic mass is 10.1. The molecule has 0 bridgehead atoms. The van der Waals surface area contributed by atoms with Gasteiger partial charge in [0.15, 0.2) is 0 Å². The van der Waals surface area contributed by atoms with Crippen LogP contribution in [0, 0.1) is 0 Å². The Hall–Kier alpha value is -0.383. The van der Waals surface area contributed by atoms with E-state index in [1.807, 2.05) is 0 Å². The molecule has 0 aliphatic carbocycles. The second-order valence-electron chi connectivity index (χ2n) is 6.86. The summed E-state index contributed by atoms with van der Waals surface area (Å²) < 4.78 is 19.4. The second kappa shape index (κ2) is 6.38. The van der Waals surface area contributed by atoms with Crippen LogP contribution in [0.3, 0.4) is 0 Å². The first-order valence-electron chi connectivity index (χ1n) is 7.55. The minimum Gasteiger partial charge on any atom is -0.460 e. The highest BCUT2D eigenvalue weighted by Crippen LogP contribution is 2.46. The van der Waals surface area contributed by atoms with E-state index in [0.717, 1.165) is 6.04 Å². The van der Waals surface area contributed by atoms with Crippen LogP contribution in [0.15, 0.2) is 0 Å². The van der Waals surface area contributed by atoms with Crippen molar-refractivity contribution >= 4 is 14.0 Å². The van der Waals surface area contributed by atoms with Gasteiger partial charge in [-0.1, -0.05) is 58.2 Å². The Morgan fingerprint density at radius 1 is 1.16 bits per heavy atom. The van der Waals surface area contributed by atoms with Crippen molar-refractivity contribution in [1.29, 1.82) is 0 Å². The Balaban J connectivity index is 2.96. The minimum absolute atomic E-state index is 0.224. The van der Waals surface area contributed by atoms with Gasteiger partial charge in [-0.05, 0) is 12.5 Å². The van der Waals surface area contributed by atoms with E-state index in [1.54, 1.807) is 0 Å².